The molecule has 21 heavy (non-hydrogen) atoms. The summed E-state index contributed by atoms with van der Waals surface area (Å²) in [6.45, 7) is 4.74. The Morgan fingerprint density at radius 3 is 2.81 bits per heavy atom. The molecule has 0 bridgehead atoms. The van der Waals surface area contributed by atoms with Crippen molar-refractivity contribution >= 4 is 39.6 Å². The van der Waals surface area contributed by atoms with Gasteiger partial charge in [-0.25, -0.2) is 4.98 Å². The van der Waals surface area contributed by atoms with Gasteiger partial charge in [-0.15, -0.1) is 22.7 Å². The molecule has 0 fully saturated rings. The van der Waals surface area contributed by atoms with Gasteiger partial charge in [-0.2, -0.15) is 0 Å². The smallest absolute Gasteiger partial charge is 0.267 e. The summed E-state index contributed by atoms with van der Waals surface area (Å²) < 4.78 is 0. The Morgan fingerprint density at radius 2 is 2.14 bits per heavy atom. The first-order valence-electron chi connectivity index (χ1n) is 6.60. The van der Waals surface area contributed by atoms with E-state index >= 15 is 0 Å². The summed E-state index contributed by atoms with van der Waals surface area (Å²) in [4.78, 5) is 28.5. The average molecular weight is 323 g/mol. The van der Waals surface area contributed by atoms with Crippen LogP contribution in [0.1, 0.15) is 29.2 Å². The van der Waals surface area contributed by atoms with Crippen LogP contribution in [0.15, 0.2) is 22.9 Å². The minimum Gasteiger partial charge on any atom is -0.356 e. The fourth-order valence-electron chi connectivity index (χ4n) is 1.56. The van der Waals surface area contributed by atoms with Crippen LogP contribution in [-0.2, 0) is 11.2 Å². The molecule has 0 atom stereocenters. The second-order valence-electron chi connectivity index (χ2n) is 4.95. The van der Waals surface area contributed by atoms with Gasteiger partial charge >= 0.3 is 0 Å². The molecule has 2 aromatic heterocycles. The topological polar surface area (TPSA) is 71.1 Å². The summed E-state index contributed by atoms with van der Waals surface area (Å²) in [6, 6.07) is 3.58. The second kappa shape index (κ2) is 7.33. The zero-order chi connectivity index (χ0) is 15.2. The fourth-order valence-corrected chi connectivity index (χ4v) is 2.88. The molecule has 0 radical (unpaired) electrons. The van der Waals surface area contributed by atoms with Crippen molar-refractivity contribution in [3.8, 4) is 0 Å². The maximum absolute atomic E-state index is 11.9. The van der Waals surface area contributed by atoms with Crippen LogP contribution in [0.3, 0.4) is 0 Å². The lowest BCUT2D eigenvalue weighted by molar-refractivity contribution is -0.120. The monoisotopic (exact) mass is 323 g/mol. The molecule has 112 valence electrons. The minimum absolute atomic E-state index is 0.0508. The molecule has 0 aliphatic rings. The lowest BCUT2D eigenvalue weighted by atomic mass is 10.2. The van der Waals surface area contributed by atoms with Crippen molar-refractivity contribution in [2.45, 2.75) is 20.3 Å². The van der Waals surface area contributed by atoms with Gasteiger partial charge in [0, 0.05) is 11.9 Å². The molecule has 0 aliphatic heterocycles. The lowest BCUT2D eigenvalue weighted by Gasteiger charge is -2.06. The number of hydrogen-bond acceptors (Lipinski definition) is 5. The molecular formula is C14H17N3O2S2. The second-order valence-corrected chi connectivity index (χ2v) is 6.76. The van der Waals surface area contributed by atoms with Crippen LogP contribution in [-0.4, -0.2) is 23.3 Å². The van der Waals surface area contributed by atoms with Gasteiger partial charge in [0.2, 0.25) is 5.91 Å². The van der Waals surface area contributed by atoms with E-state index in [0.29, 0.717) is 28.2 Å². The number of rotatable bonds is 6. The van der Waals surface area contributed by atoms with Crippen molar-refractivity contribution in [1.29, 1.82) is 0 Å². The number of nitrogens with one attached hydrogen (secondary N) is 2. The van der Waals surface area contributed by atoms with Crippen molar-refractivity contribution < 1.29 is 9.59 Å². The van der Waals surface area contributed by atoms with Crippen LogP contribution in [0.4, 0.5) is 5.13 Å². The number of hydrogen-bond donors (Lipinski definition) is 2. The van der Waals surface area contributed by atoms with Crippen LogP contribution in [0.2, 0.25) is 0 Å². The number of aromatic nitrogens is 1. The summed E-state index contributed by atoms with van der Waals surface area (Å²) in [5.41, 5.74) is 0.669. The number of carbonyl (C=O) groups excluding carboxylic acids is 2. The van der Waals surface area contributed by atoms with E-state index in [9.17, 15) is 9.59 Å². The summed E-state index contributed by atoms with van der Waals surface area (Å²) in [5, 5.41) is 9.73. The molecule has 0 saturated heterocycles. The molecule has 2 amide bonds. The van der Waals surface area contributed by atoms with Crippen molar-refractivity contribution in [3.63, 3.8) is 0 Å². The standard InChI is InChI=1S/C14H17N3O2S2/c1-9(2)7-15-12(18)6-10-8-21-14(16-10)17-13(19)11-4-3-5-20-11/h3-5,8-9H,6-7H2,1-2H3,(H,15,18)(H,16,17,19). The Morgan fingerprint density at radius 1 is 1.33 bits per heavy atom. The van der Waals surface area contributed by atoms with E-state index in [4.69, 9.17) is 0 Å². The first-order chi connectivity index (χ1) is 10.0. The third-order valence-electron chi connectivity index (χ3n) is 2.57. The molecule has 0 aromatic carbocycles. The number of anilines is 1. The van der Waals surface area contributed by atoms with E-state index in [1.54, 1.807) is 11.4 Å². The molecule has 2 N–H and O–H groups in total. The minimum atomic E-state index is -0.171. The quantitative estimate of drug-likeness (QED) is 0.858. The third-order valence-corrected chi connectivity index (χ3v) is 4.24. The highest BCUT2D eigenvalue weighted by atomic mass is 32.1. The zero-order valence-electron chi connectivity index (χ0n) is 11.9. The van der Waals surface area contributed by atoms with E-state index < -0.39 is 0 Å². The Hall–Kier alpha value is -1.73. The van der Waals surface area contributed by atoms with E-state index in [1.165, 1.54) is 22.7 Å². The van der Waals surface area contributed by atoms with Crippen molar-refractivity contribution in [1.82, 2.24) is 10.3 Å². The molecule has 5 nitrogen and oxygen atoms in total. The number of thiophene rings is 1. The first-order valence-corrected chi connectivity index (χ1v) is 8.36. The molecule has 0 aliphatic carbocycles. The fraction of sp³-hybridized carbons (Fsp3) is 0.357. The van der Waals surface area contributed by atoms with E-state index in [0.717, 1.165) is 0 Å². The third kappa shape index (κ3) is 4.95. The van der Waals surface area contributed by atoms with Gasteiger partial charge in [0.25, 0.3) is 5.91 Å². The zero-order valence-corrected chi connectivity index (χ0v) is 13.5. The van der Waals surface area contributed by atoms with Crippen LogP contribution in [0, 0.1) is 5.92 Å². The highest BCUT2D eigenvalue weighted by Gasteiger charge is 2.11. The average Bonchev–Trinajstić information content (AvgIpc) is 3.08. The maximum Gasteiger partial charge on any atom is 0.267 e. The lowest BCUT2D eigenvalue weighted by Crippen LogP contribution is -2.28. The van der Waals surface area contributed by atoms with Gasteiger partial charge < -0.3 is 5.32 Å². The molecular weight excluding hydrogens is 306 g/mol. The number of amides is 2. The molecule has 2 aromatic rings. The predicted octanol–water partition coefficient (Wildman–Crippen LogP) is 2.77. The first kappa shape index (κ1) is 15.7. The Balaban J connectivity index is 1.86. The van der Waals surface area contributed by atoms with Gasteiger partial charge in [-0.1, -0.05) is 19.9 Å². The maximum atomic E-state index is 11.9. The van der Waals surface area contributed by atoms with Gasteiger partial charge in [-0.3, -0.25) is 14.9 Å². The van der Waals surface area contributed by atoms with Crippen LogP contribution < -0.4 is 10.6 Å². The molecule has 0 spiro atoms. The van der Waals surface area contributed by atoms with Gasteiger partial charge in [0.1, 0.15) is 0 Å². The normalized spacial score (nSPS) is 10.6. The summed E-state index contributed by atoms with van der Waals surface area (Å²) in [5.74, 6) is 0.199. The Kier molecular flexibility index (Phi) is 5.46. The largest absolute Gasteiger partial charge is 0.356 e. The molecule has 2 rings (SSSR count). The molecule has 2 heterocycles. The van der Waals surface area contributed by atoms with Crippen molar-refractivity contribution in [2.24, 2.45) is 5.92 Å². The van der Waals surface area contributed by atoms with Crippen molar-refractivity contribution in [2.75, 3.05) is 11.9 Å². The summed E-state index contributed by atoms with van der Waals surface area (Å²) in [7, 11) is 0. The molecule has 7 heteroatoms. The van der Waals surface area contributed by atoms with E-state index in [2.05, 4.69) is 15.6 Å². The van der Waals surface area contributed by atoms with Crippen molar-refractivity contribution in [3.05, 3.63) is 33.5 Å². The molecule has 0 saturated carbocycles. The van der Waals surface area contributed by atoms with Gasteiger partial charge in [0.15, 0.2) is 5.13 Å². The van der Waals surface area contributed by atoms with Crippen LogP contribution in [0.5, 0.6) is 0 Å². The van der Waals surface area contributed by atoms with Crippen LogP contribution in [0.25, 0.3) is 0 Å². The highest BCUT2D eigenvalue weighted by Crippen LogP contribution is 2.18. The highest BCUT2D eigenvalue weighted by molar-refractivity contribution is 7.14. The van der Waals surface area contributed by atoms with E-state index in [1.807, 2.05) is 25.3 Å². The van der Waals surface area contributed by atoms with E-state index in [-0.39, 0.29) is 18.2 Å². The molecule has 0 unspecified atom stereocenters. The number of thiazole rings is 1. The summed E-state index contributed by atoms with van der Waals surface area (Å²) >= 11 is 2.70. The Labute approximate surface area is 131 Å². The Bertz CT molecular complexity index is 606. The number of nitrogens with zero attached hydrogens (tertiary/aromatic N) is 1. The van der Waals surface area contributed by atoms with Gasteiger partial charge in [0.05, 0.1) is 17.0 Å². The SMILES string of the molecule is CC(C)CNC(=O)Cc1csc(NC(=O)c2cccs2)n1. The van der Waals surface area contributed by atoms with Gasteiger partial charge in [-0.05, 0) is 17.4 Å². The number of carbonyl (C=O) groups is 2. The summed E-state index contributed by atoms with van der Waals surface area (Å²) in [6.07, 6.45) is 0.234. The van der Waals surface area contributed by atoms with Crippen LogP contribution >= 0.6 is 22.7 Å². The predicted molar refractivity (Wildman–Crippen MR) is 85.9 cm³/mol.